The third-order valence-electron chi connectivity index (χ3n) is 2.05. The second kappa shape index (κ2) is 5.65. The van der Waals surface area contributed by atoms with Gasteiger partial charge in [-0.1, -0.05) is 13.3 Å². The summed E-state index contributed by atoms with van der Waals surface area (Å²) >= 11 is 0. The van der Waals surface area contributed by atoms with E-state index in [1.807, 2.05) is 6.92 Å². The average molecular weight is 222 g/mol. The van der Waals surface area contributed by atoms with Crippen molar-refractivity contribution in [2.45, 2.75) is 19.8 Å². The Balaban J connectivity index is 2.33. The van der Waals surface area contributed by atoms with E-state index < -0.39 is 10.0 Å². The van der Waals surface area contributed by atoms with Gasteiger partial charge in [0.15, 0.2) is 0 Å². The highest BCUT2D eigenvalue weighted by atomic mass is 32.2. The van der Waals surface area contributed by atoms with E-state index in [9.17, 15) is 8.42 Å². The summed E-state index contributed by atoms with van der Waals surface area (Å²) in [7, 11) is -3.12. The summed E-state index contributed by atoms with van der Waals surface area (Å²) < 4.78 is 28.0. The number of morpholine rings is 1. The van der Waals surface area contributed by atoms with Gasteiger partial charge in [-0.25, -0.2) is 13.4 Å². The average Bonchev–Trinajstić information content (AvgIpc) is 2.16. The molecule has 0 aromatic rings. The van der Waals surface area contributed by atoms with Crippen molar-refractivity contribution in [1.82, 2.24) is 9.84 Å². The van der Waals surface area contributed by atoms with Crippen molar-refractivity contribution in [3.8, 4) is 0 Å². The van der Waals surface area contributed by atoms with Crippen LogP contribution in [0, 0.1) is 0 Å². The number of hydrogen-bond acceptors (Lipinski definition) is 4. The van der Waals surface area contributed by atoms with Crippen molar-refractivity contribution in [1.29, 1.82) is 0 Å². The highest BCUT2D eigenvalue weighted by molar-refractivity contribution is 7.89. The van der Waals surface area contributed by atoms with Gasteiger partial charge in [-0.3, -0.25) is 0 Å². The molecular formula is C8H18N2O3S. The van der Waals surface area contributed by atoms with E-state index in [0.717, 1.165) is 6.42 Å². The number of ether oxygens (including phenoxy) is 1. The topological polar surface area (TPSA) is 58.6 Å². The number of rotatable bonds is 5. The first-order valence-electron chi connectivity index (χ1n) is 4.97. The molecule has 1 fully saturated rings. The molecule has 1 N–H and O–H groups in total. The maximum atomic E-state index is 11.5. The predicted molar refractivity (Wildman–Crippen MR) is 54.2 cm³/mol. The summed E-state index contributed by atoms with van der Waals surface area (Å²) in [5, 5.41) is 1.70. The third-order valence-corrected chi connectivity index (χ3v) is 3.41. The van der Waals surface area contributed by atoms with E-state index in [0.29, 0.717) is 32.7 Å². The summed E-state index contributed by atoms with van der Waals surface area (Å²) in [6, 6.07) is 0. The van der Waals surface area contributed by atoms with Gasteiger partial charge in [0.25, 0.3) is 0 Å². The minimum atomic E-state index is -3.12. The fourth-order valence-corrected chi connectivity index (χ4v) is 2.57. The van der Waals surface area contributed by atoms with Gasteiger partial charge in [0.05, 0.1) is 19.0 Å². The molecule has 1 saturated heterocycles. The van der Waals surface area contributed by atoms with Crippen LogP contribution >= 0.6 is 0 Å². The Hall–Kier alpha value is -0.170. The molecule has 0 radical (unpaired) electrons. The van der Waals surface area contributed by atoms with Crippen molar-refractivity contribution in [3.63, 3.8) is 0 Å². The van der Waals surface area contributed by atoms with Crippen LogP contribution in [0.4, 0.5) is 0 Å². The lowest BCUT2D eigenvalue weighted by molar-refractivity contribution is 0.0272. The minimum Gasteiger partial charge on any atom is -0.379 e. The first kappa shape index (κ1) is 11.9. The molecule has 84 valence electrons. The Kier molecular flexibility index (Phi) is 4.80. The Morgan fingerprint density at radius 2 is 2.00 bits per heavy atom. The SMILES string of the molecule is CCCCS(=O)(=O)NN1CCOCC1. The van der Waals surface area contributed by atoms with Gasteiger partial charge in [-0.05, 0) is 6.42 Å². The molecule has 6 heteroatoms. The lowest BCUT2D eigenvalue weighted by Crippen LogP contribution is -2.48. The zero-order valence-electron chi connectivity index (χ0n) is 8.53. The molecule has 0 aliphatic carbocycles. The van der Waals surface area contributed by atoms with Gasteiger partial charge < -0.3 is 4.74 Å². The second-order valence-corrected chi connectivity index (χ2v) is 5.18. The summed E-state index contributed by atoms with van der Waals surface area (Å²) in [6.07, 6.45) is 1.60. The van der Waals surface area contributed by atoms with Gasteiger partial charge in [0.1, 0.15) is 0 Å². The number of hydrogen-bond donors (Lipinski definition) is 1. The molecule has 14 heavy (non-hydrogen) atoms. The van der Waals surface area contributed by atoms with Crippen LogP contribution in [-0.2, 0) is 14.8 Å². The fourth-order valence-electron chi connectivity index (χ4n) is 1.23. The Morgan fingerprint density at radius 3 is 2.57 bits per heavy atom. The zero-order chi connectivity index (χ0) is 10.4. The number of unbranched alkanes of at least 4 members (excludes halogenated alkanes) is 1. The van der Waals surface area contributed by atoms with Crippen LogP contribution in [0.15, 0.2) is 0 Å². The first-order valence-corrected chi connectivity index (χ1v) is 6.62. The largest absolute Gasteiger partial charge is 0.379 e. The molecule has 1 rings (SSSR count). The molecule has 0 aromatic heterocycles. The molecule has 0 spiro atoms. The van der Waals surface area contributed by atoms with Gasteiger partial charge in [-0.2, -0.15) is 0 Å². The predicted octanol–water partition coefficient (Wildman–Crippen LogP) is -0.0469. The third kappa shape index (κ3) is 4.36. The molecule has 0 bridgehead atoms. The smallest absolute Gasteiger partial charge is 0.224 e. The van der Waals surface area contributed by atoms with Crippen LogP contribution in [-0.4, -0.2) is 45.5 Å². The van der Waals surface area contributed by atoms with Crippen LogP contribution in [0.5, 0.6) is 0 Å². The quantitative estimate of drug-likeness (QED) is 0.709. The molecular weight excluding hydrogens is 204 g/mol. The second-order valence-electron chi connectivity index (χ2n) is 3.36. The Morgan fingerprint density at radius 1 is 1.36 bits per heavy atom. The number of nitrogens with zero attached hydrogens (tertiary/aromatic N) is 1. The standard InChI is InChI=1S/C8H18N2O3S/c1-2-3-8-14(11,12)9-10-4-6-13-7-5-10/h9H,2-8H2,1H3. The molecule has 5 nitrogen and oxygen atoms in total. The number of sulfonamides is 1. The van der Waals surface area contributed by atoms with Gasteiger partial charge in [-0.15, -0.1) is 4.83 Å². The molecule has 0 saturated carbocycles. The summed E-state index contributed by atoms with van der Waals surface area (Å²) in [6.45, 7) is 4.42. The molecule has 1 aliphatic rings. The Bertz CT molecular complexity index is 247. The van der Waals surface area contributed by atoms with Crippen LogP contribution in [0.25, 0.3) is 0 Å². The Labute approximate surface area is 85.4 Å². The summed E-state index contributed by atoms with van der Waals surface area (Å²) in [5.74, 6) is 0.209. The van der Waals surface area contributed by atoms with E-state index in [1.54, 1.807) is 5.01 Å². The van der Waals surface area contributed by atoms with Crippen LogP contribution in [0.3, 0.4) is 0 Å². The van der Waals surface area contributed by atoms with Crippen LogP contribution in [0.1, 0.15) is 19.8 Å². The molecule has 0 aromatic carbocycles. The van der Waals surface area contributed by atoms with Gasteiger partial charge in [0, 0.05) is 13.1 Å². The van der Waals surface area contributed by atoms with Gasteiger partial charge >= 0.3 is 0 Å². The highest BCUT2D eigenvalue weighted by Crippen LogP contribution is 1.98. The first-order chi connectivity index (χ1) is 6.64. The molecule has 1 aliphatic heterocycles. The van der Waals surface area contributed by atoms with Crippen molar-refractivity contribution in [3.05, 3.63) is 0 Å². The van der Waals surface area contributed by atoms with Gasteiger partial charge in [0.2, 0.25) is 10.0 Å². The van der Waals surface area contributed by atoms with Crippen molar-refractivity contribution < 1.29 is 13.2 Å². The van der Waals surface area contributed by atoms with Crippen LogP contribution in [0.2, 0.25) is 0 Å². The highest BCUT2D eigenvalue weighted by Gasteiger charge is 2.16. The normalized spacial score (nSPS) is 19.8. The van der Waals surface area contributed by atoms with Crippen molar-refractivity contribution in [2.75, 3.05) is 32.1 Å². The lowest BCUT2D eigenvalue weighted by Gasteiger charge is -2.26. The summed E-state index contributed by atoms with van der Waals surface area (Å²) in [4.78, 5) is 2.56. The number of nitrogens with one attached hydrogen (secondary N) is 1. The van der Waals surface area contributed by atoms with Crippen LogP contribution < -0.4 is 4.83 Å². The van der Waals surface area contributed by atoms with Crippen molar-refractivity contribution >= 4 is 10.0 Å². The lowest BCUT2D eigenvalue weighted by atomic mass is 10.4. The number of hydrazine groups is 1. The molecule has 0 unspecified atom stereocenters. The maximum absolute atomic E-state index is 11.5. The van der Waals surface area contributed by atoms with E-state index in [2.05, 4.69) is 4.83 Å². The molecule has 1 heterocycles. The van der Waals surface area contributed by atoms with Crippen molar-refractivity contribution in [2.24, 2.45) is 0 Å². The summed E-state index contributed by atoms with van der Waals surface area (Å²) in [5.41, 5.74) is 0. The molecule has 0 amide bonds. The fraction of sp³-hybridized carbons (Fsp3) is 1.00. The zero-order valence-corrected chi connectivity index (χ0v) is 9.35. The van der Waals surface area contributed by atoms with E-state index in [4.69, 9.17) is 4.74 Å². The molecule has 0 atom stereocenters. The monoisotopic (exact) mass is 222 g/mol. The van der Waals surface area contributed by atoms with E-state index in [-0.39, 0.29) is 5.75 Å². The van der Waals surface area contributed by atoms with E-state index in [1.165, 1.54) is 0 Å². The maximum Gasteiger partial charge on any atom is 0.224 e. The van der Waals surface area contributed by atoms with E-state index >= 15 is 0 Å². The minimum absolute atomic E-state index is 0.209.